The van der Waals surface area contributed by atoms with Gasteiger partial charge < -0.3 is 9.13 Å². The van der Waals surface area contributed by atoms with Gasteiger partial charge in [-0.2, -0.15) is 10.5 Å². The van der Waals surface area contributed by atoms with Crippen molar-refractivity contribution in [2.45, 2.75) is 0 Å². The summed E-state index contributed by atoms with van der Waals surface area (Å²) in [5, 5.41) is 30.3. The van der Waals surface area contributed by atoms with Gasteiger partial charge in [0.1, 0.15) is 12.1 Å². The third-order valence-corrected chi connectivity index (χ3v) is 8.94. The fourth-order valence-electron chi connectivity index (χ4n) is 7.12. The van der Waals surface area contributed by atoms with Crippen LogP contribution in [0.15, 0.2) is 133 Å². The van der Waals surface area contributed by atoms with Gasteiger partial charge in [-0.25, -0.2) is 0 Å². The van der Waals surface area contributed by atoms with E-state index in [0.29, 0.717) is 16.8 Å². The van der Waals surface area contributed by atoms with E-state index in [1.165, 1.54) is 0 Å². The highest BCUT2D eigenvalue weighted by atomic mass is 15.0. The van der Waals surface area contributed by atoms with E-state index in [-0.39, 0.29) is 0 Å². The minimum absolute atomic E-state index is 0.445. The summed E-state index contributed by atoms with van der Waals surface area (Å²) < 4.78 is 4.33. The summed E-state index contributed by atoms with van der Waals surface area (Å²) in [5.74, 6) is 0. The molecule has 0 N–H and O–H groups in total. The normalized spacial score (nSPS) is 11.6. The highest BCUT2D eigenvalue weighted by Gasteiger charge is 2.22. The van der Waals surface area contributed by atoms with Crippen LogP contribution < -0.4 is 0 Å². The first-order valence-corrected chi connectivity index (χ1v) is 14.6. The molecule has 0 radical (unpaired) electrons. The van der Waals surface area contributed by atoms with Crippen LogP contribution in [0.1, 0.15) is 11.1 Å². The Labute approximate surface area is 252 Å². The van der Waals surface area contributed by atoms with Gasteiger partial charge >= 0.3 is 0 Å². The number of nitrogens with zero attached hydrogens (tertiary/aromatic N) is 4. The van der Waals surface area contributed by atoms with Gasteiger partial charge in [-0.1, -0.05) is 109 Å². The summed E-state index contributed by atoms with van der Waals surface area (Å²) in [6, 6.07) is 50.7. The predicted molar refractivity (Wildman–Crippen MR) is 180 cm³/mol. The molecule has 202 valence electrons. The Morgan fingerprint density at radius 2 is 0.841 bits per heavy atom. The van der Waals surface area contributed by atoms with Crippen LogP contribution in [0.4, 0.5) is 0 Å². The second kappa shape index (κ2) is 9.07. The van der Waals surface area contributed by atoms with Crippen molar-refractivity contribution in [3.63, 3.8) is 0 Å². The first kappa shape index (κ1) is 24.3. The van der Waals surface area contributed by atoms with E-state index in [0.717, 1.165) is 70.8 Å². The lowest BCUT2D eigenvalue weighted by Crippen LogP contribution is -2.05. The fraction of sp³-hybridized carbons (Fsp3) is 0. The number of aromatic nitrogens is 2. The number of nitriles is 2. The van der Waals surface area contributed by atoms with Crippen molar-refractivity contribution in [3.8, 4) is 23.5 Å². The smallest absolute Gasteiger partial charge is 0.101 e. The van der Waals surface area contributed by atoms with Crippen LogP contribution in [-0.4, -0.2) is 9.13 Å². The number of hydrogen-bond acceptors (Lipinski definition) is 2. The second-order valence-corrected chi connectivity index (χ2v) is 11.2. The number of benzene rings is 7. The average Bonchev–Trinajstić information content (AvgIpc) is 3.61. The summed E-state index contributed by atoms with van der Waals surface area (Å²) in [5.41, 5.74) is 6.33. The molecule has 0 atom stereocenters. The molecule has 2 aromatic heterocycles. The van der Waals surface area contributed by atoms with Gasteiger partial charge in [-0.3, -0.25) is 0 Å². The lowest BCUT2D eigenvalue weighted by molar-refractivity contribution is 1.13. The van der Waals surface area contributed by atoms with Gasteiger partial charge in [0.15, 0.2) is 0 Å². The maximum absolute atomic E-state index is 10.7. The third-order valence-electron chi connectivity index (χ3n) is 8.94. The molecule has 0 unspecified atom stereocenters. The Bertz CT molecular complexity index is 2710. The SMILES string of the molecule is N#Cc1cc(-n2c3ccccc3c3ccc4ccccc4c32)cc(C#N)c1-n1c2ccccc2c2ccc3ccccc3c21. The van der Waals surface area contributed by atoms with Crippen molar-refractivity contribution >= 4 is 65.2 Å². The van der Waals surface area contributed by atoms with Gasteiger partial charge in [0, 0.05) is 38.0 Å². The second-order valence-electron chi connectivity index (χ2n) is 11.2. The zero-order valence-corrected chi connectivity index (χ0v) is 23.5. The van der Waals surface area contributed by atoms with Crippen LogP contribution >= 0.6 is 0 Å². The zero-order valence-electron chi connectivity index (χ0n) is 23.5. The maximum Gasteiger partial charge on any atom is 0.101 e. The summed E-state index contributed by atoms with van der Waals surface area (Å²) in [4.78, 5) is 0. The quantitative estimate of drug-likeness (QED) is 0.212. The number of rotatable bonds is 2. The number of fused-ring (bicyclic) bond motifs is 10. The molecule has 4 nitrogen and oxygen atoms in total. The van der Waals surface area contributed by atoms with E-state index in [9.17, 15) is 10.5 Å². The Morgan fingerprint density at radius 1 is 0.409 bits per heavy atom. The standard InChI is InChI=1S/C40H22N4/c41-23-27-21-29(43-36-15-7-5-13-32(36)34-19-17-25-9-1-3-11-30(25)39(34)43)22-28(24-42)38(27)44-37-16-8-6-14-33(37)35-20-18-26-10-2-4-12-31(26)40(35)44/h1-22H. The molecule has 0 aliphatic carbocycles. The van der Waals surface area contributed by atoms with Crippen LogP contribution in [0, 0.1) is 22.7 Å². The first-order valence-electron chi connectivity index (χ1n) is 14.6. The van der Waals surface area contributed by atoms with E-state index in [2.05, 4.69) is 106 Å². The monoisotopic (exact) mass is 558 g/mol. The largest absolute Gasteiger partial charge is 0.309 e. The van der Waals surface area contributed by atoms with E-state index in [4.69, 9.17) is 0 Å². The topological polar surface area (TPSA) is 57.4 Å². The highest BCUT2D eigenvalue weighted by molar-refractivity contribution is 6.20. The van der Waals surface area contributed by atoms with E-state index >= 15 is 0 Å². The molecule has 0 amide bonds. The molecule has 4 heteroatoms. The average molecular weight is 559 g/mol. The van der Waals surface area contributed by atoms with Crippen molar-refractivity contribution in [3.05, 3.63) is 145 Å². The Balaban J connectivity index is 1.44. The molecule has 0 saturated carbocycles. The fourth-order valence-corrected chi connectivity index (χ4v) is 7.12. The number of para-hydroxylation sites is 2. The Morgan fingerprint density at radius 3 is 1.36 bits per heavy atom. The van der Waals surface area contributed by atoms with Gasteiger partial charge in [0.05, 0.1) is 38.9 Å². The van der Waals surface area contributed by atoms with Crippen molar-refractivity contribution in [2.24, 2.45) is 0 Å². The molecule has 2 heterocycles. The van der Waals surface area contributed by atoms with E-state index < -0.39 is 0 Å². The Hall–Kier alpha value is -6.36. The lowest BCUT2D eigenvalue weighted by atomic mass is 10.0. The van der Waals surface area contributed by atoms with E-state index in [1.807, 2.05) is 48.5 Å². The molecule has 0 fully saturated rings. The molecule has 0 bridgehead atoms. The van der Waals surface area contributed by atoms with Crippen LogP contribution in [0.25, 0.3) is 76.5 Å². The lowest BCUT2D eigenvalue weighted by Gasteiger charge is -2.16. The molecule has 9 aromatic rings. The summed E-state index contributed by atoms with van der Waals surface area (Å²) in [6.07, 6.45) is 0. The summed E-state index contributed by atoms with van der Waals surface area (Å²) >= 11 is 0. The molecule has 0 aliphatic heterocycles. The first-order chi connectivity index (χ1) is 21.8. The van der Waals surface area contributed by atoms with Crippen LogP contribution in [0.2, 0.25) is 0 Å². The number of hydrogen-bond donors (Lipinski definition) is 0. The van der Waals surface area contributed by atoms with Gasteiger partial charge in [-0.05, 0) is 35.0 Å². The predicted octanol–water partition coefficient (Wildman–Crippen LogP) is 9.93. The summed E-state index contributed by atoms with van der Waals surface area (Å²) in [6.45, 7) is 0. The van der Waals surface area contributed by atoms with Crippen LogP contribution in [0.3, 0.4) is 0 Å². The van der Waals surface area contributed by atoms with Crippen LogP contribution in [-0.2, 0) is 0 Å². The van der Waals surface area contributed by atoms with Gasteiger partial charge in [0.25, 0.3) is 0 Å². The maximum atomic E-state index is 10.7. The highest BCUT2D eigenvalue weighted by Crippen LogP contribution is 2.41. The van der Waals surface area contributed by atoms with Crippen molar-refractivity contribution in [2.75, 3.05) is 0 Å². The van der Waals surface area contributed by atoms with Crippen molar-refractivity contribution in [1.29, 1.82) is 10.5 Å². The summed E-state index contributed by atoms with van der Waals surface area (Å²) in [7, 11) is 0. The third kappa shape index (κ3) is 3.20. The van der Waals surface area contributed by atoms with Gasteiger partial charge in [-0.15, -0.1) is 0 Å². The minimum Gasteiger partial charge on any atom is -0.309 e. The molecular weight excluding hydrogens is 536 g/mol. The molecule has 44 heavy (non-hydrogen) atoms. The molecule has 0 saturated heterocycles. The van der Waals surface area contributed by atoms with Crippen molar-refractivity contribution in [1.82, 2.24) is 9.13 Å². The molecule has 7 aromatic carbocycles. The van der Waals surface area contributed by atoms with Crippen molar-refractivity contribution < 1.29 is 0 Å². The van der Waals surface area contributed by atoms with Gasteiger partial charge in [0.2, 0.25) is 0 Å². The van der Waals surface area contributed by atoms with Crippen LogP contribution in [0.5, 0.6) is 0 Å². The molecular formula is C40H22N4. The molecule has 9 rings (SSSR count). The Kier molecular flexibility index (Phi) is 5.00. The minimum atomic E-state index is 0.445. The molecule has 0 spiro atoms. The zero-order chi connectivity index (χ0) is 29.4. The molecule has 0 aliphatic rings. The van der Waals surface area contributed by atoms with E-state index in [1.54, 1.807) is 0 Å².